The average Bonchev–Trinajstić information content (AvgIpc) is 2.77. The van der Waals surface area contributed by atoms with Gasteiger partial charge in [0.05, 0.1) is 12.2 Å². The van der Waals surface area contributed by atoms with Gasteiger partial charge in [0, 0.05) is 19.6 Å². The van der Waals surface area contributed by atoms with Crippen molar-refractivity contribution in [3.63, 3.8) is 0 Å². The van der Waals surface area contributed by atoms with E-state index in [1.165, 1.54) is 0 Å². The largest absolute Gasteiger partial charge is 0.390 e. The molecule has 5 heteroatoms. The number of aromatic nitrogens is 3. The van der Waals surface area contributed by atoms with Crippen LogP contribution in [0.5, 0.6) is 0 Å². The summed E-state index contributed by atoms with van der Waals surface area (Å²) in [5, 5.41) is 14.4. The van der Waals surface area contributed by atoms with Gasteiger partial charge in [0.1, 0.15) is 12.2 Å². The average molecular weight is 255 g/mol. The first-order valence-corrected chi connectivity index (χ1v) is 6.89. The first-order valence-electron chi connectivity index (χ1n) is 6.89. The maximum absolute atomic E-state index is 10.2. The second-order valence-electron chi connectivity index (χ2n) is 4.45. The van der Waals surface area contributed by atoms with E-state index in [2.05, 4.69) is 23.9 Å². The predicted octanol–water partition coefficient (Wildman–Crippen LogP) is 1.80. The minimum atomic E-state index is -0.510. The van der Waals surface area contributed by atoms with Crippen LogP contribution in [-0.4, -0.2) is 38.7 Å². The number of hydrogen-bond donors (Lipinski definition) is 1. The third-order valence-corrected chi connectivity index (χ3v) is 2.91. The number of aliphatic hydroxyl groups excluding tert-OH is 1. The van der Waals surface area contributed by atoms with Crippen LogP contribution in [0.2, 0.25) is 0 Å². The molecule has 1 rings (SSSR count). The van der Waals surface area contributed by atoms with Crippen LogP contribution in [0.3, 0.4) is 0 Å². The molecule has 0 fully saturated rings. The van der Waals surface area contributed by atoms with Crippen molar-refractivity contribution in [1.82, 2.24) is 14.8 Å². The van der Waals surface area contributed by atoms with Crippen LogP contribution < -0.4 is 0 Å². The van der Waals surface area contributed by atoms with Gasteiger partial charge in [-0.15, -0.1) is 0 Å². The molecule has 0 amide bonds. The molecule has 0 aromatic carbocycles. The fourth-order valence-electron chi connectivity index (χ4n) is 2.05. The normalized spacial score (nSPS) is 14.7. The van der Waals surface area contributed by atoms with E-state index in [0.717, 1.165) is 31.6 Å². The first kappa shape index (κ1) is 15.1. The lowest BCUT2D eigenvalue weighted by atomic mass is 10.1. The van der Waals surface area contributed by atoms with Gasteiger partial charge < -0.3 is 9.84 Å². The summed E-state index contributed by atoms with van der Waals surface area (Å²) in [6.07, 6.45) is 4.32. The number of ether oxygens (including phenoxy) is 1. The molecule has 0 spiro atoms. The second-order valence-corrected chi connectivity index (χ2v) is 4.45. The van der Waals surface area contributed by atoms with Crippen molar-refractivity contribution in [3.8, 4) is 0 Å². The van der Waals surface area contributed by atoms with Crippen molar-refractivity contribution in [2.24, 2.45) is 0 Å². The molecular formula is C13H25N3O2. The quantitative estimate of drug-likeness (QED) is 0.731. The molecule has 0 radical (unpaired) electrons. The Morgan fingerprint density at radius 2 is 2.11 bits per heavy atom. The van der Waals surface area contributed by atoms with Crippen LogP contribution in [0.1, 0.15) is 45.9 Å². The lowest BCUT2D eigenvalue weighted by Crippen LogP contribution is -2.32. The highest BCUT2D eigenvalue weighted by Crippen LogP contribution is 2.12. The van der Waals surface area contributed by atoms with E-state index in [0.29, 0.717) is 13.0 Å². The number of aryl methyl sites for hydroxylation is 1. The molecule has 1 aromatic rings. The smallest absolute Gasteiger partial charge is 0.138 e. The van der Waals surface area contributed by atoms with Gasteiger partial charge in [-0.05, 0) is 19.8 Å². The van der Waals surface area contributed by atoms with Crippen molar-refractivity contribution in [3.05, 3.63) is 12.2 Å². The van der Waals surface area contributed by atoms with Crippen LogP contribution in [0, 0.1) is 0 Å². The standard InChI is InChI=1S/C13H25N3O2/c1-4-7-12(18-6-3)11(17)9-13-14-10-15-16(13)8-5-2/h10-12,17H,4-9H2,1-3H3. The van der Waals surface area contributed by atoms with Gasteiger partial charge in [-0.25, -0.2) is 4.98 Å². The summed E-state index contributed by atoms with van der Waals surface area (Å²) in [7, 11) is 0. The zero-order chi connectivity index (χ0) is 13.4. The van der Waals surface area contributed by atoms with E-state index >= 15 is 0 Å². The number of aliphatic hydroxyl groups is 1. The van der Waals surface area contributed by atoms with E-state index in [4.69, 9.17) is 4.74 Å². The van der Waals surface area contributed by atoms with Crippen molar-refractivity contribution >= 4 is 0 Å². The Hall–Kier alpha value is -0.940. The van der Waals surface area contributed by atoms with Gasteiger partial charge in [0.2, 0.25) is 0 Å². The molecule has 1 N–H and O–H groups in total. The molecule has 18 heavy (non-hydrogen) atoms. The summed E-state index contributed by atoms with van der Waals surface area (Å²) >= 11 is 0. The molecule has 0 aliphatic carbocycles. The van der Waals surface area contributed by atoms with E-state index < -0.39 is 6.10 Å². The highest BCUT2D eigenvalue weighted by atomic mass is 16.5. The van der Waals surface area contributed by atoms with Crippen molar-refractivity contribution < 1.29 is 9.84 Å². The molecule has 1 heterocycles. The third-order valence-electron chi connectivity index (χ3n) is 2.91. The van der Waals surface area contributed by atoms with Crippen LogP contribution in [-0.2, 0) is 17.7 Å². The minimum absolute atomic E-state index is 0.105. The summed E-state index contributed by atoms with van der Waals surface area (Å²) in [4.78, 5) is 4.21. The molecule has 0 saturated carbocycles. The van der Waals surface area contributed by atoms with Gasteiger partial charge in [-0.3, -0.25) is 4.68 Å². The topological polar surface area (TPSA) is 60.2 Å². The highest BCUT2D eigenvalue weighted by Gasteiger charge is 2.21. The van der Waals surface area contributed by atoms with Crippen molar-refractivity contribution in [2.45, 2.75) is 65.2 Å². The van der Waals surface area contributed by atoms with Gasteiger partial charge in [-0.1, -0.05) is 20.3 Å². The maximum Gasteiger partial charge on any atom is 0.138 e. The van der Waals surface area contributed by atoms with E-state index in [1.807, 2.05) is 11.6 Å². The Morgan fingerprint density at radius 1 is 1.33 bits per heavy atom. The predicted molar refractivity (Wildman–Crippen MR) is 70.3 cm³/mol. The van der Waals surface area contributed by atoms with Gasteiger partial charge in [-0.2, -0.15) is 5.10 Å². The summed E-state index contributed by atoms with van der Waals surface area (Å²) in [5.74, 6) is 0.838. The Balaban J connectivity index is 2.60. The summed E-state index contributed by atoms with van der Waals surface area (Å²) in [5.41, 5.74) is 0. The SMILES string of the molecule is CCCC(OCC)C(O)Cc1ncnn1CCC. The molecule has 104 valence electrons. The molecule has 2 unspecified atom stereocenters. The Morgan fingerprint density at radius 3 is 2.72 bits per heavy atom. The van der Waals surface area contributed by atoms with Gasteiger partial charge >= 0.3 is 0 Å². The Labute approximate surface area is 109 Å². The summed E-state index contributed by atoms with van der Waals surface area (Å²) < 4.78 is 7.44. The first-order chi connectivity index (χ1) is 8.72. The molecule has 0 aliphatic rings. The third kappa shape index (κ3) is 4.38. The van der Waals surface area contributed by atoms with Crippen LogP contribution >= 0.6 is 0 Å². The molecule has 0 aliphatic heterocycles. The van der Waals surface area contributed by atoms with Crippen LogP contribution in [0.15, 0.2) is 6.33 Å². The summed E-state index contributed by atoms with van der Waals surface area (Å²) in [6, 6.07) is 0. The Kier molecular flexibility index (Phi) is 6.90. The zero-order valence-corrected chi connectivity index (χ0v) is 11.7. The molecule has 0 saturated heterocycles. The summed E-state index contributed by atoms with van der Waals surface area (Å²) in [6.45, 7) is 7.62. The van der Waals surface area contributed by atoms with Crippen LogP contribution in [0.4, 0.5) is 0 Å². The second kappa shape index (κ2) is 8.21. The molecule has 5 nitrogen and oxygen atoms in total. The highest BCUT2D eigenvalue weighted by molar-refractivity contribution is 4.89. The van der Waals surface area contributed by atoms with Crippen LogP contribution in [0.25, 0.3) is 0 Å². The number of nitrogens with zero attached hydrogens (tertiary/aromatic N) is 3. The molecule has 1 aromatic heterocycles. The van der Waals surface area contributed by atoms with Crippen molar-refractivity contribution in [2.75, 3.05) is 6.61 Å². The molecule has 2 atom stereocenters. The fraction of sp³-hybridized carbons (Fsp3) is 0.846. The lowest BCUT2D eigenvalue weighted by molar-refractivity contribution is -0.0374. The Bertz CT molecular complexity index is 322. The van der Waals surface area contributed by atoms with E-state index in [9.17, 15) is 5.11 Å². The number of hydrogen-bond acceptors (Lipinski definition) is 4. The fourth-order valence-corrected chi connectivity index (χ4v) is 2.05. The van der Waals surface area contributed by atoms with Gasteiger partial charge in [0.25, 0.3) is 0 Å². The van der Waals surface area contributed by atoms with Crippen molar-refractivity contribution in [1.29, 1.82) is 0 Å². The lowest BCUT2D eigenvalue weighted by Gasteiger charge is -2.22. The minimum Gasteiger partial charge on any atom is -0.390 e. The molecular weight excluding hydrogens is 230 g/mol. The van der Waals surface area contributed by atoms with E-state index in [1.54, 1.807) is 6.33 Å². The zero-order valence-electron chi connectivity index (χ0n) is 11.7. The monoisotopic (exact) mass is 255 g/mol. The van der Waals surface area contributed by atoms with Gasteiger partial charge in [0.15, 0.2) is 0 Å². The number of rotatable bonds is 9. The van der Waals surface area contributed by atoms with E-state index in [-0.39, 0.29) is 6.10 Å². The molecule has 0 bridgehead atoms. The maximum atomic E-state index is 10.2.